The summed E-state index contributed by atoms with van der Waals surface area (Å²) in [6.07, 6.45) is 1.22. The summed E-state index contributed by atoms with van der Waals surface area (Å²) in [4.78, 5) is 24.6. The summed E-state index contributed by atoms with van der Waals surface area (Å²) in [5.41, 5.74) is 2.14. The molecule has 0 bridgehead atoms. The van der Waals surface area contributed by atoms with Crippen LogP contribution in [-0.2, 0) is 32.0 Å². The van der Waals surface area contributed by atoms with Gasteiger partial charge >= 0.3 is 12.1 Å². The van der Waals surface area contributed by atoms with Crippen molar-refractivity contribution in [3.8, 4) is 0 Å². The van der Waals surface area contributed by atoms with Crippen LogP contribution in [-0.4, -0.2) is 36.9 Å². The molecule has 160 valence electrons. The Bertz CT molecular complexity index is 809. The van der Waals surface area contributed by atoms with Gasteiger partial charge in [0.25, 0.3) is 0 Å². The first kappa shape index (κ1) is 21.8. The highest BCUT2D eigenvalue weighted by atomic mass is 16.6. The van der Waals surface area contributed by atoms with E-state index < -0.39 is 18.1 Å². The first-order valence-corrected chi connectivity index (χ1v) is 10.4. The highest BCUT2D eigenvalue weighted by molar-refractivity contribution is 5.81. The molecular formula is C24H29NO5. The van der Waals surface area contributed by atoms with Gasteiger partial charge in [-0.15, -0.1) is 0 Å². The van der Waals surface area contributed by atoms with E-state index in [1.165, 1.54) is 5.56 Å². The molecule has 2 aromatic carbocycles. The fourth-order valence-corrected chi connectivity index (χ4v) is 3.18. The standard InChI is InChI=1S/C24H29NO5/c1-17(2)22(25-24(27)29-15-19-11-7-4-8-12-19)23(26)28-16-21-20(30-21)14-13-18-9-5-3-6-10-18/h3-12,17,20-22H,13-16H2,1-2H3,(H,25,27)/t20-,21-,22-/m0/s1. The summed E-state index contributed by atoms with van der Waals surface area (Å²) < 4.78 is 16.2. The molecule has 0 aromatic heterocycles. The number of epoxide rings is 1. The molecule has 2 aromatic rings. The van der Waals surface area contributed by atoms with Gasteiger partial charge in [0.05, 0.1) is 6.10 Å². The van der Waals surface area contributed by atoms with E-state index in [0.717, 1.165) is 18.4 Å². The molecule has 0 spiro atoms. The third kappa shape index (κ3) is 6.88. The van der Waals surface area contributed by atoms with Gasteiger partial charge in [-0.05, 0) is 29.9 Å². The average Bonchev–Trinajstić information content (AvgIpc) is 3.52. The molecule has 1 N–H and O–H groups in total. The molecule has 3 rings (SSSR count). The average molecular weight is 411 g/mol. The predicted octanol–water partition coefficient (Wildman–Crippen LogP) is 3.88. The number of amides is 1. The number of esters is 1. The zero-order valence-electron chi connectivity index (χ0n) is 17.5. The van der Waals surface area contributed by atoms with Crippen molar-refractivity contribution >= 4 is 12.1 Å². The Morgan fingerprint density at radius 1 is 0.933 bits per heavy atom. The van der Waals surface area contributed by atoms with Gasteiger partial charge in [0, 0.05) is 0 Å². The molecule has 0 aliphatic carbocycles. The molecule has 1 amide bonds. The topological polar surface area (TPSA) is 77.2 Å². The van der Waals surface area contributed by atoms with Crippen LogP contribution in [0.4, 0.5) is 4.79 Å². The molecule has 1 aliphatic rings. The molecule has 3 atom stereocenters. The number of carbonyl (C=O) groups excluding carboxylic acids is 2. The number of rotatable bonds is 10. The number of hydrogen-bond donors (Lipinski definition) is 1. The maximum atomic E-state index is 12.5. The molecule has 0 unspecified atom stereocenters. The smallest absolute Gasteiger partial charge is 0.408 e. The molecule has 6 heteroatoms. The molecule has 1 fully saturated rings. The van der Waals surface area contributed by atoms with Crippen LogP contribution in [0, 0.1) is 5.92 Å². The molecule has 0 saturated carbocycles. The lowest BCUT2D eigenvalue weighted by Crippen LogP contribution is -2.45. The Morgan fingerprint density at radius 3 is 2.20 bits per heavy atom. The molecular weight excluding hydrogens is 382 g/mol. The number of alkyl carbamates (subject to hydrolysis) is 1. The van der Waals surface area contributed by atoms with Crippen molar-refractivity contribution in [2.24, 2.45) is 5.92 Å². The normalized spacial score (nSPS) is 18.5. The highest BCUT2D eigenvalue weighted by Crippen LogP contribution is 2.27. The van der Waals surface area contributed by atoms with Crippen LogP contribution in [0.1, 0.15) is 31.4 Å². The van der Waals surface area contributed by atoms with E-state index in [1.807, 2.05) is 62.4 Å². The lowest BCUT2D eigenvalue weighted by molar-refractivity contribution is -0.147. The summed E-state index contributed by atoms with van der Waals surface area (Å²) >= 11 is 0. The second-order valence-corrected chi connectivity index (χ2v) is 7.80. The third-order valence-corrected chi connectivity index (χ3v) is 5.04. The fraction of sp³-hybridized carbons (Fsp3) is 0.417. The van der Waals surface area contributed by atoms with Crippen LogP contribution >= 0.6 is 0 Å². The Labute approximate surface area is 177 Å². The maximum Gasteiger partial charge on any atom is 0.408 e. The van der Waals surface area contributed by atoms with Crippen molar-refractivity contribution in [1.29, 1.82) is 0 Å². The summed E-state index contributed by atoms with van der Waals surface area (Å²) in [5, 5.41) is 2.61. The first-order chi connectivity index (χ1) is 14.5. The monoisotopic (exact) mass is 411 g/mol. The van der Waals surface area contributed by atoms with Crippen LogP contribution in [0.15, 0.2) is 60.7 Å². The molecule has 6 nitrogen and oxygen atoms in total. The Hall–Kier alpha value is -2.86. The van der Waals surface area contributed by atoms with Crippen molar-refractivity contribution in [1.82, 2.24) is 5.32 Å². The van der Waals surface area contributed by atoms with E-state index in [4.69, 9.17) is 14.2 Å². The number of hydrogen-bond acceptors (Lipinski definition) is 5. The minimum absolute atomic E-state index is 0.0736. The number of carbonyl (C=O) groups is 2. The van der Waals surface area contributed by atoms with Gasteiger partial charge in [-0.2, -0.15) is 0 Å². The van der Waals surface area contributed by atoms with E-state index in [-0.39, 0.29) is 31.3 Å². The summed E-state index contributed by atoms with van der Waals surface area (Å²) in [7, 11) is 0. The van der Waals surface area contributed by atoms with Crippen LogP contribution in [0.25, 0.3) is 0 Å². The van der Waals surface area contributed by atoms with E-state index >= 15 is 0 Å². The second-order valence-electron chi connectivity index (χ2n) is 7.80. The first-order valence-electron chi connectivity index (χ1n) is 10.4. The number of aryl methyl sites for hydroxylation is 1. The van der Waals surface area contributed by atoms with Gasteiger partial charge in [0.1, 0.15) is 25.4 Å². The zero-order chi connectivity index (χ0) is 21.3. The lowest BCUT2D eigenvalue weighted by atomic mass is 10.1. The van der Waals surface area contributed by atoms with Gasteiger partial charge in [-0.1, -0.05) is 74.5 Å². The predicted molar refractivity (Wildman–Crippen MR) is 113 cm³/mol. The van der Waals surface area contributed by atoms with Gasteiger partial charge in [0.15, 0.2) is 0 Å². The minimum Gasteiger partial charge on any atom is -0.461 e. The van der Waals surface area contributed by atoms with Crippen LogP contribution in [0.5, 0.6) is 0 Å². The number of ether oxygens (including phenoxy) is 3. The summed E-state index contributed by atoms with van der Waals surface area (Å²) in [5.74, 6) is -0.602. The lowest BCUT2D eigenvalue weighted by Gasteiger charge is -2.20. The van der Waals surface area contributed by atoms with Gasteiger partial charge < -0.3 is 19.5 Å². The quantitative estimate of drug-likeness (QED) is 0.474. The Morgan fingerprint density at radius 2 is 1.57 bits per heavy atom. The van der Waals surface area contributed by atoms with Crippen molar-refractivity contribution in [3.63, 3.8) is 0 Å². The third-order valence-electron chi connectivity index (χ3n) is 5.04. The van der Waals surface area contributed by atoms with E-state index in [2.05, 4.69) is 17.4 Å². The van der Waals surface area contributed by atoms with E-state index in [1.54, 1.807) is 0 Å². The zero-order valence-corrected chi connectivity index (χ0v) is 17.5. The largest absolute Gasteiger partial charge is 0.461 e. The SMILES string of the molecule is CC(C)[C@H](NC(=O)OCc1ccccc1)C(=O)OC[C@@H]1O[C@H]1CCc1ccccc1. The highest BCUT2D eigenvalue weighted by Gasteiger charge is 2.40. The van der Waals surface area contributed by atoms with Gasteiger partial charge in [0.2, 0.25) is 0 Å². The van der Waals surface area contributed by atoms with Crippen LogP contribution < -0.4 is 5.32 Å². The van der Waals surface area contributed by atoms with Gasteiger partial charge in [-0.25, -0.2) is 9.59 Å². The minimum atomic E-state index is -0.769. The number of nitrogens with one attached hydrogen (secondary N) is 1. The molecule has 1 heterocycles. The van der Waals surface area contributed by atoms with Crippen molar-refractivity contribution in [2.45, 2.75) is 51.5 Å². The van der Waals surface area contributed by atoms with E-state index in [0.29, 0.717) is 0 Å². The van der Waals surface area contributed by atoms with Crippen molar-refractivity contribution in [3.05, 3.63) is 71.8 Å². The maximum absolute atomic E-state index is 12.5. The molecule has 1 saturated heterocycles. The van der Waals surface area contributed by atoms with Crippen LogP contribution in [0.3, 0.4) is 0 Å². The van der Waals surface area contributed by atoms with Crippen molar-refractivity contribution < 1.29 is 23.8 Å². The summed E-state index contributed by atoms with van der Waals surface area (Å²) in [6, 6.07) is 18.8. The molecule has 30 heavy (non-hydrogen) atoms. The van der Waals surface area contributed by atoms with Crippen molar-refractivity contribution in [2.75, 3.05) is 6.61 Å². The molecule has 0 radical (unpaired) electrons. The van der Waals surface area contributed by atoms with Crippen LogP contribution in [0.2, 0.25) is 0 Å². The Balaban J connectivity index is 1.37. The Kier molecular flexibility index (Phi) is 7.85. The fourth-order valence-electron chi connectivity index (χ4n) is 3.18. The second kappa shape index (κ2) is 10.8. The molecule has 1 aliphatic heterocycles. The summed E-state index contributed by atoms with van der Waals surface area (Å²) in [6.45, 7) is 4.03. The van der Waals surface area contributed by atoms with Gasteiger partial charge in [-0.3, -0.25) is 0 Å². The number of benzene rings is 2. The van der Waals surface area contributed by atoms with E-state index in [9.17, 15) is 9.59 Å².